The van der Waals surface area contributed by atoms with Crippen molar-refractivity contribution in [2.24, 2.45) is 0 Å². The maximum atomic E-state index is 15.2. The van der Waals surface area contributed by atoms with Crippen LogP contribution in [0.1, 0.15) is 29.0 Å². The minimum absolute atomic E-state index is 0.163. The van der Waals surface area contributed by atoms with Crippen LogP contribution in [0.2, 0.25) is 0 Å². The Hall–Kier alpha value is -2.61. The minimum atomic E-state index is -5.16. The summed E-state index contributed by atoms with van der Waals surface area (Å²) in [6.45, 7) is -2.55. The predicted octanol–water partition coefficient (Wildman–Crippen LogP) is 4.11. The molecule has 3 heterocycles. The fourth-order valence-corrected chi connectivity index (χ4v) is 4.11. The van der Waals surface area contributed by atoms with Crippen LogP contribution in [0.25, 0.3) is 11.0 Å². The topological polar surface area (TPSA) is 74.9 Å². The van der Waals surface area contributed by atoms with E-state index in [1.165, 1.54) is 0 Å². The largest absolute Gasteiger partial charge is 0.449 e. The SMILES string of the molecule is O=C1NCCN(CC(F)(F)C2CC(O)(C(F)(F)F)CCO2)c2c1oc1ccc(C(F)(F)F)cc21. The first-order valence-electron chi connectivity index (χ1n) is 10.1. The molecule has 0 spiro atoms. The number of hydrogen-bond acceptors (Lipinski definition) is 5. The molecule has 1 fully saturated rings. The Morgan fingerprint density at radius 1 is 1.15 bits per heavy atom. The van der Waals surface area contributed by atoms with Crippen LogP contribution in [0, 0.1) is 0 Å². The molecule has 0 radical (unpaired) electrons. The lowest BCUT2D eigenvalue weighted by atomic mass is 9.87. The molecule has 1 aromatic heterocycles. The zero-order chi connectivity index (χ0) is 25.1. The first-order valence-corrected chi connectivity index (χ1v) is 10.1. The van der Waals surface area contributed by atoms with Crippen LogP contribution >= 0.6 is 0 Å². The second-order valence-corrected chi connectivity index (χ2v) is 8.27. The molecule has 188 valence electrons. The second kappa shape index (κ2) is 7.97. The summed E-state index contributed by atoms with van der Waals surface area (Å²) in [6.07, 6.45) is -14.6. The molecule has 6 nitrogen and oxygen atoms in total. The molecule has 1 saturated heterocycles. The second-order valence-electron chi connectivity index (χ2n) is 8.27. The van der Waals surface area contributed by atoms with E-state index in [-0.39, 0.29) is 29.7 Å². The lowest BCUT2D eigenvalue weighted by molar-refractivity contribution is -0.301. The Kier molecular flexibility index (Phi) is 5.75. The summed E-state index contributed by atoms with van der Waals surface area (Å²) in [7, 11) is 0. The summed E-state index contributed by atoms with van der Waals surface area (Å²) in [5, 5.41) is 12.0. The number of carbonyl (C=O) groups is 1. The number of aliphatic hydroxyl groups is 1. The van der Waals surface area contributed by atoms with Gasteiger partial charge in [-0.15, -0.1) is 0 Å². The molecule has 2 N–H and O–H groups in total. The molecular formula is C20H18F8N2O4. The van der Waals surface area contributed by atoms with Crippen LogP contribution in [0.5, 0.6) is 0 Å². The lowest BCUT2D eigenvalue weighted by Crippen LogP contribution is -2.57. The number of nitrogens with one attached hydrogen (secondary N) is 1. The van der Waals surface area contributed by atoms with E-state index < -0.39 is 73.2 Å². The van der Waals surface area contributed by atoms with E-state index in [2.05, 4.69) is 5.32 Å². The Morgan fingerprint density at radius 3 is 2.50 bits per heavy atom. The van der Waals surface area contributed by atoms with Gasteiger partial charge in [-0.3, -0.25) is 4.79 Å². The fourth-order valence-electron chi connectivity index (χ4n) is 4.11. The van der Waals surface area contributed by atoms with Crippen LogP contribution in [-0.2, 0) is 10.9 Å². The average molecular weight is 502 g/mol. The number of anilines is 1. The maximum Gasteiger partial charge on any atom is 0.417 e. The van der Waals surface area contributed by atoms with Crippen molar-refractivity contribution in [3.8, 4) is 0 Å². The number of benzene rings is 1. The third-order valence-corrected chi connectivity index (χ3v) is 5.94. The van der Waals surface area contributed by atoms with Gasteiger partial charge < -0.3 is 24.5 Å². The summed E-state index contributed by atoms with van der Waals surface area (Å²) < 4.78 is 120. The van der Waals surface area contributed by atoms with Crippen LogP contribution in [0.15, 0.2) is 22.6 Å². The van der Waals surface area contributed by atoms with Gasteiger partial charge in [0.1, 0.15) is 11.7 Å². The van der Waals surface area contributed by atoms with E-state index in [9.17, 15) is 36.2 Å². The molecule has 14 heteroatoms. The predicted molar refractivity (Wildman–Crippen MR) is 101 cm³/mol. The highest BCUT2D eigenvalue weighted by Gasteiger charge is 2.60. The standard InChI is InChI=1S/C20H18F8N2O4/c21-18(22,13-8-17(32,3-6-33-13)20(26,27)28)9-30-5-4-29-16(31)15-14(30)11-7-10(19(23,24)25)1-2-12(11)34-15/h1-2,7,13,32H,3-6,8-9H2,(H,29,31). The number of alkyl halides is 8. The van der Waals surface area contributed by atoms with Crippen molar-refractivity contribution in [1.29, 1.82) is 0 Å². The highest BCUT2D eigenvalue weighted by Crippen LogP contribution is 2.44. The van der Waals surface area contributed by atoms with Gasteiger partial charge in [0.05, 0.1) is 24.4 Å². The van der Waals surface area contributed by atoms with Crippen molar-refractivity contribution in [2.45, 2.75) is 42.8 Å². The van der Waals surface area contributed by atoms with Gasteiger partial charge in [0.15, 0.2) is 5.60 Å². The zero-order valence-corrected chi connectivity index (χ0v) is 17.2. The number of furan rings is 1. The molecule has 0 aliphatic carbocycles. The first-order chi connectivity index (χ1) is 15.6. The smallest absolute Gasteiger partial charge is 0.417 e. The number of halogens is 8. The maximum absolute atomic E-state index is 15.2. The normalized spacial score (nSPS) is 24.7. The van der Waals surface area contributed by atoms with Gasteiger partial charge in [0, 0.05) is 31.3 Å². The molecular weight excluding hydrogens is 484 g/mol. The lowest BCUT2D eigenvalue weighted by Gasteiger charge is -2.41. The Morgan fingerprint density at radius 2 is 1.85 bits per heavy atom. The summed E-state index contributed by atoms with van der Waals surface area (Å²) in [5.41, 5.74) is -4.97. The van der Waals surface area contributed by atoms with Gasteiger partial charge in [0.2, 0.25) is 5.76 Å². The molecule has 2 unspecified atom stereocenters. The Bertz CT molecular complexity index is 1100. The third kappa shape index (κ3) is 4.28. The fraction of sp³-hybridized carbons (Fsp3) is 0.550. The number of nitrogens with zero attached hydrogens (tertiary/aromatic N) is 1. The molecule has 2 atom stereocenters. The molecule has 2 aliphatic heterocycles. The molecule has 1 aromatic carbocycles. The molecule has 2 aromatic rings. The van der Waals surface area contributed by atoms with Crippen LogP contribution in [0.4, 0.5) is 40.8 Å². The molecule has 0 bridgehead atoms. The van der Waals surface area contributed by atoms with Gasteiger partial charge in [-0.05, 0) is 18.2 Å². The van der Waals surface area contributed by atoms with E-state index >= 15 is 8.78 Å². The number of ether oxygens (including phenoxy) is 1. The Balaban J connectivity index is 1.71. The van der Waals surface area contributed by atoms with E-state index in [1.807, 2.05) is 0 Å². The van der Waals surface area contributed by atoms with Gasteiger partial charge in [0.25, 0.3) is 11.8 Å². The average Bonchev–Trinajstić information content (AvgIpc) is 3.03. The van der Waals surface area contributed by atoms with E-state index in [0.29, 0.717) is 12.1 Å². The quantitative estimate of drug-likeness (QED) is 0.619. The summed E-state index contributed by atoms with van der Waals surface area (Å²) >= 11 is 0. The number of amides is 1. The first kappa shape index (κ1) is 24.5. The van der Waals surface area contributed by atoms with Crippen molar-refractivity contribution in [3.63, 3.8) is 0 Å². The Labute approximate surface area is 186 Å². The number of carbonyl (C=O) groups excluding carboxylic acids is 1. The van der Waals surface area contributed by atoms with Crippen LogP contribution in [-0.4, -0.2) is 61.1 Å². The molecule has 0 saturated carbocycles. The van der Waals surface area contributed by atoms with Crippen LogP contribution in [0.3, 0.4) is 0 Å². The van der Waals surface area contributed by atoms with Gasteiger partial charge >= 0.3 is 12.4 Å². The van der Waals surface area contributed by atoms with Gasteiger partial charge in [-0.1, -0.05) is 0 Å². The van der Waals surface area contributed by atoms with E-state index in [1.54, 1.807) is 0 Å². The molecule has 34 heavy (non-hydrogen) atoms. The van der Waals surface area contributed by atoms with Crippen molar-refractivity contribution in [1.82, 2.24) is 5.32 Å². The van der Waals surface area contributed by atoms with E-state index in [4.69, 9.17) is 9.15 Å². The monoisotopic (exact) mass is 502 g/mol. The number of fused-ring (bicyclic) bond motifs is 3. The third-order valence-electron chi connectivity index (χ3n) is 5.94. The number of hydrogen-bond donors (Lipinski definition) is 2. The summed E-state index contributed by atoms with van der Waals surface area (Å²) in [5.74, 6) is -5.32. The summed E-state index contributed by atoms with van der Waals surface area (Å²) in [6, 6.07) is 2.31. The van der Waals surface area contributed by atoms with Gasteiger partial charge in [-0.25, -0.2) is 8.78 Å². The zero-order valence-electron chi connectivity index (χ0n) is 17.2. The van der Waals surface area contributed by atoms with Crippen molar-refractivity contribution in [2.75, 3.05) is 31.1 Å². The summed E-state index contributed by atoms with van der Waals surface area (Å²) in [4.78, 5) is 13.2. The number of rotatable bonds is 3. The van der Waals surface area contributed by atoms with Gasteiger partial charge in [-0.2, -0.15) is 26.3 Å². The van der Waals surface area contributed by atoms with Crippen molar-refractivity contribution < 1.29 is 54.2 Å². The highest BCUT2D eigenvalue weighted by molar-refractivity contribution is 6.07. The molecule has 2 aliphatic rings. The van der Waals surface area contributed by atoms with Crippen LogP contribution < -0.4 is 10.2 Å². The molecule has 1 amide bonds. The van der Waals surface area contributed by atoms with Crippen molar-refractivity contribution >= 4 is 22.6 Å². The molecule has 4 rings (SSSR count). The van der Waals surface area contributed by atoms with Crippen molar-refractivity contribution in [3.05, 3.63) is 29.5 Å². The minimum Gasteiger partial charge on any atom is -0.449 e. The van der Waals surface area contributed by atoms with E-state index in [0.717, 1.165) is 11.0 Å². The highest BCUT2D eigenvalue weighted by atomic mass is 19.4.